The molecule has 1 aromatic carbocycles. The van der Waals surface area contributed by atoms with E-state index in [4.69, 9.17) is 23.2 Å². The predicted molar refractivity (Wildman–Crippen MR) is 72.3 cm³/mol. The lowest BCUT2D eigenvalue weighted by molar-refractivity contribution is -0.385. The summed E-state index contributed by atoms with van der Waals surface area (Å²) in [6.07, 6.45) is -0.537. The molecule has 0 saturated heterocycles. The minimum atomic E-state index is -0.701. The molecule has 0 saturated carbocycles. The zero-order valence-electron chi connectivity index (χ0n) is 10.4. The SMILES string of the molecule is CC(C)(C)C(O)Cc1cc(Cl)c(Cl)cc1[N+](=O)[O-]. The molecule has 0 fully saturated rings. The van der Waals surface area contributed by atoms with Gasteiger partial charge >= 0.3 is 0 Å². The van der Waals surface area contributed by atoms with E-state index in [1.54, 1.807) is 0 Å². The molecule has 6 heteroatoms. The molecule has 18 heavy (non-hydrogen) atoms. The highest BCUT2D eigenvalue weighted by molar-refractivity contribution is 6.42. The number of nitrogens with zero attached hydrogens (tertiary/aromatic N) is 1. The molecule has 1 rings (SSSR count). The summed E-state index contributed by atoms with van der Waals surface area (Å²) in [7, 11) is 0. The Morgan fingerprint density at radius 3 is 2.28 bits per heavy atom. The molecule has 0 radical (unpaired) electrons. The van der Waals surface area contributed by atoms with Crippen LogP contribution in [0.4, 0.5) is 5.69 Å². The van der Waals surface area contributed by atoms with E-state index in [1.165, 1.54) is 12.1 Å². The molecule has 0 aromatic heterocycles. The quantitative estimate of drug-likeness (QED) is 0.679. The van der Waals surface area contributed by atoms with Crippen LogP contribution in [-0.4, -0.2) is 16.1 Å². The topological polar surface area (TPSA) is 63.4 Å². The fraction of sp³-hybridized carbons (Fsp3) is 0.500. The number of rotatable bonds is 3. The van der Waals surface area contributed by atoms with E-state index >= 15 is 0 Å². The summed E-state index contributed by atoms with van der Waals surface area (Å²) in [6.45, 7) is 5.59. The van der Waals surface area contributed by atoms with E-state index in [-0.39, 0.29) is 27.6 Å². The molecule has 1 aromatic rings. The number of aliphatic hydroxyl groups is 1. The molecule has 0 amide bonds. The van der Waals surface area contributed by atoms with Crippen molar-refractivity contribution in [3.05, 3.63) is 37.9 Å². The highest BCUT2D eigenvalue weighted by Crippen LogP contribution is 2.33. The molecule has 100 valence electrons. The van der Waals surface area contributed by atoms with Crippen LogP contribution in [0.15, 0.2) is 12.1 Å². The van der Waals surface area contributed by atoms with Crippen LogP contribution in [0.25, 0.3) is 0 Å². The van der Waals surface area contributed by atoms with Crippen molar-refractivity contribution in [3.8, 4) is 0 Å². The Morgan fingerprint density at radius 1 is 1.33 bits per heavy atom. The molecule has 1 unspecified atom stereocenters. The van der Waals surface area contributed by atoms with Crippen molar-refractivity contribution in [3.63, 3.8) is 0 Å². The van der Waals surface area contributed by atoms with Crippen molar-refractivity contribution in [2.45, 2.75) is 33.3 Å². The summed E-state index contributed by atoms with van der Waals surface area (Å²) in [4.78, 5) is 10.4. The number of hydrogen-bond donors (Lipinski definition) is 1. The maximum atomic E-state index is 10.9. The Balaban J connectivity index is 3.15. The van der Waals surface area contributed by atoms with Crippen LogP contribution in [0.5, 0.6) is 0 Å². The van der Waals surface area contributed by atoms with Gasteiger partial charge in [0.1, 0.15) is 0 Å². The molecular formula is C12H15Cl2NO3. The zero-order chi connectivity index (χ0) is 14.1. The van der Waals surface area contributed by atoms with Crippen molar-refractivity contribution in [2.24, 2.45) is 5.41 Å². The minimum Gasteiger partial charge on any atom is -0.392 e. The summed E-state index contributed by atoms with van der Waals surface area (Å²) in [5.74, 6) is 0. The van der Waals surface area contributed by atoms with E-state index in [2.05, 4.69) is 0 Å². The van der Waals surface area contributed by atoms with Crippen molar-refractivity contribution >= 4 is 28.9 Å². The van der Waals surface area contributed by atoms with Gasteiger partial charge in [-0.3, -0.25) is 10.1 Å². The van der Waals surface area contributed by atoms with E-state index in [0.29, 0.717) is 5.56 Å². The van der Waals surface area contributed by atoms with Gasteiger partial charge in [-0.1, -0.05) is 44.0 Å². The second-order valence-corrected chi connectivity index (χ2v) is 6.05. The lowest BCUT2D eigenvalue weighted by Gasteiger charge is -2.25. The minimum absolute atomic E-state index is 0.118. The first kappa shape index (κ1) is 15.2. The summed E-state index contributed by atoms with van der Waals surface area (Å²) in [6, 6.07) is 2.66. The number of halogens is 2. The standard InChI is InChI=1S/C12H15Cl2NO3/c1-12(2,3)11(16)5-7-4-8(13)9(14)6-10(7)15(17)18/h4,6,11,16H,5H2,1-3H3. The lowest BCUT2D eigenvalue weighted by atomic mass is 9.85. The van der Waals surface area contributed by atoms with E-state index in [9.17, 15) is 15.2 Å². The third-order valence-corrected chi connectivity index (χ3v) is 3.45. The van der Waals surface area contributed by atoms with Crippen LogP contribution in [0, 0.1) is 15.5 Å². The second kappa shape index (κ2) is 5.43. The predicted octanol–water partition coefficient (Wildman–Crippen LogP) is 3.85. The highest BCUT2D eigenvalue weighted by atomic mass is 35.5. The smallest absolute Gasteiger partial charge is 0.274 e. The maximum absolute atomic E-state index is 10.9. The van der Waals surface area contributed by atoms with Gasteiger partial charge in [-0.2, -0.15) is 0 Å². The van der Waals surface area contributed by atoms with E-state index in [0.717, 1.165) is 0 Å². The molecule has 0 aliphatic heterocycles. The van der Waals surface area contributed by atoms with Crippen LogP contribution in [-0.2, 0) is 6.42 Å². The van der Waals surface area contributed by atoms with E-state index < -0.39 is 11.0 Å². The number of benzene rings is 1. The van der Waals surface area contributed by atoms with E-state index in [1.807, 2.05) is 20.8 Å². The summed E-state index contributed by atoms with van der Waals surface area (Å²) < 4.78 is 0. The fourth-order valence-electron chi connectivity index (χ4n) is 1.43. The van der Waals surface area contributed by atoms with Gasteiger partial charge in [-0.05, 0) is 11.5 Å². The maximum Gasteiger partial charge on any atom is 0.274 e. The number of nitro groups is 1. The van der Waals surface area contributed by atoms with Crippen LogP contribution >= 0.6 is 23.2 Å². The molecule has 4 nitrogen and oxygen atoms in total. The average Bonchev–Trinajstić information content (AvgIpc) is 2.21. The molecule has 0 spiro atoms. The molecular weight excluding hydrogens is 277 g/mol. The summed E-state index contributed by atoms with van der Waals surface area (Å²) >= 11 is 11.6. The average molecular weight is 292 g/mol. The molecule has 0 bridgehead atoms. The van der Waals surface area contributed by atoms with Gasteiger partial charge in [-0.25, -0.2) is 0 Å². The van der Waals surface area contributed by atoms with Gasteiger partial charge in [0.25, 0.3) is 5.69 Å². The third-order valence-electron chi connectivity index (χ3n) is 2.73. The van der Waals surface area contributed by atoms with Gasteiger partial charge in [0.15, 0.2) is 0 Å². The Morgan fingerprint density at radius 2 is 1.83 bits per heavy atom. The number of nitro benzene ring substituents is 1. The van der Waals surface area contributed by atoms with Gasteiger partial charge < -0.3 is 5.11 Å². The van der Waals surface area contributed by atoms with Gasteiger partial charge in [-0.15, -0.1) is 0 Å². The number of hydrogen-bond acceptors (Lipinski definition) is 3. The molecule has 0 heterocycles. The van der Waals surface area contributed by atoms with Crippen molar-refractivity contribution in [2.75, 3.05) is 0 Å². The third kappa shape index (κ3) is 3.57. The first-order valence-corrected chi connectivity index (χ1v) is 6.19. The van der Waals surface area contributed by atoms with Gasteiger partial charge in [0, 0.05) is 18.1 Å². The second-order valence-electron chi connectivity index (χ2n) is 5.24. The van der Waals surface area contributed by atoms with Crippen molar-refractivity contribution in [1.82, 2.24) is 0 Å². The first-order chi connectivity index (χ1) is 8.12. The van der Waals surface area contributed by atoms with Crippen molar-refractivity contribution in [1.29, 1.82) is 0 Å². The Bertz CT molecular complexity index is 469. The summed E-state index contributed by atoms with van der Waals surface area (Å²) in [5, 5.41) is 21.3. The van der Waals surface area contributed by atoms with Crippen LogP contribution in [0.3, 0.4) is 0 Å². The zero-order valence-corrected chi connectivity index (χ0v) is 11.9. The first-order valence-electron chi connectivity index (χ1n) is 5.43. The molecule has 1 N–H and O–H groups in total. The van der Waals surface area contributed by atoms with Gasteiger partial charge in [0.2, 0.25) is 0 Å². The van der Waals surface area contributed by atoms with Crippen LogP contribution < -0.4 is 0 Å². The molecule has 0 aliphatic rings. The molecule has 1 atom stereocenters. The van der Waals surface area contributed by atoms with Crippen molar-refractivity contribution < 1.29 is 10.0 Å². The normalized spacial score (nSPS) is 13.4. The Hall–Kier alpha value is -0.840. The monoisotopic (exact) mass is 291 g/mol. The van der Waals surface area contributed by atoms with Crippen LogP contribution in [0.1, 0.15) is 26.3 Å². The number of aliphatic hydroxyl groups excluding tert-OH is 1. The molecule has 0 aliphatic carbocycles. The Kier molecular flexibility index (Phi) is 4.59. The van der Waals surface area contributed by atoms with Gasteiger partial charge in [0.05, 0.1) is 21.1 Å². The Labute approximate surface area is 116 Å². The largest absolute Gasteiger partial charge is 0.392 e. The summed E-state index contributed by atoms with van der Waals surface area (Å²) in [5.41, 5.74) is -0.0931. The highest BCUT2D eigenvalue weighted by Gasteiger charge is 2.26. The van der Waals surface area contributed by atoms with Crippen LogP contribution in [0.2, 0.25) is 10.0 Å². The fourth-order valence-corrected chi connectivity index (χ4v) is 1.77. The lowest BCUT2D eigenvalue weighted by Crippen LogP contribution is -2.28.